The van der Waals surface area contributed by atoms with Gasteiger partial charge in [-0.2, -0.15) is 0 Å². The van der Waals surface area contributed by atoms with Crippen LogP contribution in [0.15, 0.2) is 65.7 Å². The number of pyridine rings is 1. The molecule has 0 fully saturated rings. The molecule has 11 heteroatoms. The lowest BCUT2D eigenvalue weighted by Crippen LogP contribution is -2.32. The first-order chi connectivity index (χ1) is 19.1. The minimum Gasteiger partial charge on any atom is -0.543 e. The van der Waals surface area contributed by atoms with Crippen molar-refractivity contribution in [1.82, 2.24) is 15.0 Å². The van der Waals surface area contributed by atoms with Crippen molar-refractivity contribution < 1.29 is 27.9 Å². The zero-order valence-corrected chi connectivity index (χ0v) is 23.7. The van der Waals surface area contributed by atoms with Crippen LogP contribution in [0.5, 0.6) is 0 Å². The van der Waals surface area contributed by atoms with Crippen molar-refractivity contribution in [2.45, 2.75) is 56.8 Å². The molecule has 2 N–H and O–H groups in total. The Bertz CT molecular complexity index is 1440. The lowest BCUT2D eigenvalue weighted by Gasteiger charge is -2.13. The number of hydrogen-bond donors (Lipinski definition) is 2. The van der Waals surface area contributed by atoms with Gasteiger partial charge in [0.15, 0.2) is 0 Å². The van der Waals surface area contributed by atoms with Crippen molar-refractivity contribution in [3.63, 3.8) is 0 Å². The second-order valence-electron chi connectivity index (χ2n) is 9.27. The van der Waals surface area contributed by atoms with Crippen LogP contribution in [0.25, 0.3) is 0 Å². The summed E-state index contributed by atoms with van der Waals surface area (Å²) in [6.07, 6.45) is 6.75. The molecule has 0 radical (unpaired) electrons. The normalized spacial score (nSPS) is 11.2. The number of unbranched alkanes of at least 4 members (excludes halogenated alkanes) is 4. The van der Waals surface area contributed by atoms with Gasteiger partial charge in [-0.05, 0) is 72.9 Å². The number of carbonyl (C=O) groups excluding carboxylic acids is 3. The van der Waals surface area contributed by atoms with E-state index in [9.17, 15) is 27.9 Å². The Balaban J connectivity index is 1.64. The average molecular weight is 585 g/mol. The number of carboxylic acid groups (broad SMARTS) is 1. The molecule has 212 valence electrons. The number of nitrogens with zero attached hydrogens (tertiary/aromatic N) is 1. The Kier molecular flexibility index (Phi) is 11.2. The maximum Gasteiger partial charge on any atom is 0.266 e. The van der Waals surface area contributed by atoms with E-state index in [1.54, 1.807) is 12.1 Å². The quantitative estimate of drug-likeness (QED) is 0.275. The number of carbonyl (C=O) groups is 3. The van der Waals surface area contributed by atoms with Crippen LogP contribution in [0, 0.1) is 0 Å². The lowest BCUT2D eigenvalue weighted by molar-refractivity contribution is -0.255. The van der Waals surface area contributed by atoms with Crippen molar-refractivity contribution >= 4 is 39.4 Å². The van der Waals surface area contributed by atoms with E-state index in [1.807, 2.05) is 16.9 Å². The number of aromatic nitrogens is 1. The third-order valence-corrected chi connectivity index (χ3v) is 7.86. The molecular formula is C29H31ClN3O6S-. The highest BCUT2D eigenvalue weighted by atomic mass is 35.5. The minimum absolute atomic E-state index is 0.0271. The summed E-state index contributed by atoms with van der Waals surface area (Å²) in [4.78, 5) is 40.2. The predicted molar refractivity (Wildman–Crippen MR) is 150 cm³/mol. The van der Waals surface area contributed by atoms with Gasteiger partial charge < -0.3 is 15.2 Å². The van der Waals surface area contributed by atoms with Gasteiger partial charge in [-0.1, -0.05) is 56.3 Å². The molecule has 0 spiro atoms. The molecule has 0 bridgehead atoms. The van der Waals surface area contributed by atoms with Crippen LogP contribution in [-0.2, 0) is 22.9 Å². The molecule has 0 atom stereocenters. The Morgan fingerprint density at radius 2 is 1.57 bits per heavy atom. The molecule has 0 saturated heterocycles. The Hall–Kier alpha value is -3.76. The van der Waals surface area contributed by atoms with Crippen molar-refractivity contribution in [2.75, 3.05) is 6.54 Å². The number of rotatable bonds is 14. The number of carboxylic acids is 1. The van der Waals surface area contributed by atoms with Gasteiger partial charge in [-0.3, -0.25) is 14.6 Å². The number of amides is 2. The molecule has 3 rings (SSSR count). The zero-order chi connectivity index (χ0) is 29.1. The molecule has 3 aromatic rings. The summed E-state index contributed by atoms with van der Waals surface area (Å²) in [5.74, 6) is -2.78. The summed E-state index contributed by atoms with van der Waals surface area (Å²) in [7, 11) is -4.28. The number of nitrogens with one attached hydrogen (secondary N) is 2. The molecule has 0 aliphatic carbocycles. The first kappa shape index (κ1) is 30.8. The van der Waals surface area contributed by atoms with Crippen LogP contribution in [0.4, 0.5) is 0 Å². The number of aromatic carboxylic acids is 1. The van der Waals surface area contributed by atoms with E-state index in [0.29, 0.717) is 36.4 Å². The summed E-state index contributed by atoms with van der Waals surface area (Å²) >= 11 is 5.87. The van der Waals surface area contributed by atoms with Crippen LogP contribution < -0.4 is 15.1 Å². The standard InChI is InChI=1S/C29H32ClN3O6S/c1-2-3-4-5-6-7-22-18-26(29(36)37)32-19-25(22)28(35)33-40(38,39)24-14-10-21(11-15-24)27(34)31-17-16-20-8-12-23(30)13-9-20/h8-15,18-19H,2-7,16-17H2,1H3,(H,31,34)(H,33,35)(H,36,37)/p-1. The summed E-state index contributed by atoms with van der Waals surface area (Å²) in [5.41, 5.74) is 1.29. The fraction of sp³-hybridized carbons (Fsp3) is 0.310. The molecule has 0 saturated carbocycles. The zero-order valence-electron chi connectivity index (χ0n) is 22.1. The first-order valence-electron chi connectivity index (χ1n) is 13.0. The monoisotopic (exact) mass is 584 g/mol. The smallest absolute Gasteiger partial charge is 0.266 e. The molecular weight excluding hydrogens is 554 g/mol. The van der Waals surface area contributed by atoms with Crippen LogP contribution in [0.3, 0.4) is 0 Å². The number of sulfonamides is 1. The van der Waals surface area contributed by atoms with Crippen LogP contribution in [-0.4, -0.2) is 37.7 Å². The van der Waals surface area contributed by atoms with Gasteiger partial charge in [-0.25, -0.2) is 13.1 Å². The maximum absolute atomic E-state index is 12.9. The van der Waals surface area contributed by atoms with Gasteiger partial charge in [0.25, 0.3) is 21.8 Å². The molecule has 0 aliphatic rings. The largest absolute Gasteiger partial charge is 0.543 e. The lowest BCUT2D eigenvalue weighted by atomic mass is 10.0. The number of halogens is 1. The van der Waals surface area contributed by atoms with Crippen molar-refractivity contribution in [3.05, 3.63) is 93.8 Å². The van der Waals surface area contributed by atoms with Gasteiger partial charge in [0, 0.05) is 23.3 Å². The van der Waals surface area contributed by atoms with E-state index < -0.39 is 21.9 Å². The molecule has 2 amide bonds. The second kappa shape index (κ2) is 14.6. The molecule has 9 nitrogen and oxygen atoms in total. The summed E-state index contributed by atoms with van der Waals surface area (Å²) in [6.45, 7) is 2.47. The summed E-state index contributed by atoms with van der Waals surface area (Å²) in [5, 5.41) is 14.7. The van der Waals surface area contributed by atoms with Crippen LogP contribution in [0.2, 0.25) is 5.02 Å². The topological polar surface area (TPSA) is 145 Å². The number of benzene rings is 2. The van der Waals surface area contributed by atoms with E-state index in [-0.39, 0.29) is 27.6 Å². The van der Waals surface area contributed by atoms with Gasteiger partial charge in [0.1, 0.15) is 0 Å². The maximum atomic E-state index is 12.9. The molecule has 1 aromatic heterocycles. The van der Waals surface area contributed by atoms with E-state index in [0.717, 1.165) is 37.4 Å². The first-order valence-corrected chi connectivity index (χ1v) is 14.9. The Morgan fingerprint density at radius 3 is 2.23 bits per heavy atom. The van der Waals surface area contributed by atoms with Crippen LogP contribution in [0.1, 0.15) is 81.4 Å². The average Bonchev–Trinajstić information content (AvgIpc) is 2.93. The number of hydrogen-bond acceptors (Lipinski definition) is 7. The fourth-order valence-electron chi connectivity index (χ4n) is 4.03. The third kappa shape index (κ3) is 8.89. The summed E-state index contributed by atoms with van der Waals surface area (Å²) in [6, 6.07) is 13.7. The van der Waals surface area contributed by atoms with E-state index in [4.69, 9.17) is 11.6 Å². The molecule has 1 heterocycles. The number of aryl methyl sites for hydroxylation is 1. The second-order valence-corrected chi connectivity index (χ2v) is 11.4. The molecule has 0 unspecified atom stereocenters. The fourth-order valence-corrected chi connectivity index (χ4v) is 5.13. The molecule has 40 heavy (non-hydrogen) atoms. The third-order valence-electron chi connectivity index (χ3n) is 6.26. The van der Waals surface area contributed by atoms with Gasteiger partial charge in [0.2, 0.25) is 0 Å². The van der Waals surface area contributed by atoms with E-state index in [2.05, 4.69) is 17.2 Å². The predicted octanol–water partition coefficient (Wildman–Crippen LogP) is 3.70. The molecule has 2 aromatic carbocycles. The van der Waals surface area contributed by atoms with Gasteiger partial charge >= 0.3 is 0 Å². The van der Waals surface area contributed by atoms with E-state index in [1.165, 1.54) is 30.3 Å². The van der Waals surface area contributed by atoms with Crippen molar-refractivity contribution in [1.29, 1.82) is 0 Å². The van der Waals surface area contributed by atoms with Gasteiger partial charge in [-0.15, -0.1) is 0 Å². The highest BCUT2D eigenvalue weighted by Gasteiger charge is 2.22. The highest BCUT2D eigenvalue weighted by Crippen LogP contribution is 2.17. The minimum atomic E-state index is -4.28. The van der Waals surface area contributed by atoms with E-state index >= 15 is 0 Å². The summed E-state index contributed by atoms with van der Waals surface area (Å²) < 4.78 is 27.8. The Morgan fingerprint density at radius 1 is 0.900 bits per heavy atom. The Labute approximate surface area is 239 Å². The van der Waals surface area contributed by atoms with Crippen molar-refractivity contribution in [3.8, 4) is 0 Å². The van der Waals surface area contributed by atoms with Gasteiger partial charge in [0.05, 0.1) is 22.1 Å². The molecule has 0 aliphatic heterocycles. The van der Waals surface area contributed by atoms with Crippen LogP contribution >= 0.6 is 11.6 Å². The SMILES string of the molecule is CCCCCCCc1cc(C(=O)[O-])ncc1C(=O)NS(=O)(=O)c1ccc(C(=O)NCCc2ccc(Cl)cc2)cc1. The highest BCUT2D eigenvalue weighted by molar-refractivity contribution is 7.90. The van der Waals surface area contributed by atoms with Crippen molar-refractivity contribution in [2.24, 2.45) is 0 Å².